The Morgan fingerprint density at radius 3 is 2.57 bits per heavy atom. The number of piperidine rings is 1. The van der Waals surface area contributed by atoms with Crippen molar-refractivity contribution in [2.45, 2.75) is 45.7 Å². The lowest BCUT2D eigenvalue weighted by Crippen LogP contribution is -2.38. The van der Waals surface area contributed by atoms with E-state index in [1.807, 2.05) is 29.8 Å². The van der Waals surface area contributed by atoms with Crippen molar-refractivity contribution in [3.05, 3.63) is 47.3 Å². The normalized spacial score (nSPS) is 16.3. The van der Waals surface area contributed by atoms with E-state index in [1.54, 1.807) is 0 Å². The van der Waals surface area contributed by atoms with Crippen LogP contribution < -0.4 is 10.6 Å². The molecule has 2 heterocycles. The highest BCUT2D eigenvalue weighted by Gasteiger charge is 2.24. The molecule has 7 nitrogen and oxygen atoms in total. The summed E-state index contributed by atoms with van der Waals surface area (Å²) >= 11 is 0. The summed E-state index contributed by atoms with van der Waals surface area (Å²) in [5, 5.41) is 14.9. The number of carbonyl (C=O) groups excluding carboxylic acids is 1. The van der Waals surface area contributed by atoms with Crippen LogP contribution in [-0.4, -0.2) is 58.5 Å². The van der Waals surface area contributed by atoms with E-state index in [9.17, 15) is 4.79 Å². The van der Waals surface area contributed by atoms with Crippen molar-refractivity contribution < 1.29 is 4.79 Å². The average Bonchev–Trinajstić information content (AvgIpc) is 3.13. The van der Waals surface area contributed by atoms with Crippen molar-refractivity contribution in [3.8, 4) is 0 Å². The molecule has 1 unspecified atom stereocenters. The molecule has 3 rings (SSSR count). The molecule has 0 saturated carbocycles. The molecule has 0 aliphatic carbocycles. The smallest absolute Gasteiger partial charge is 0.273 e. The predicted octanol–water partition coefficient (Wildman–Crippen LogP) is 2.32. The highest BCUT2D eigenvalue weighted by molar-refractivity contribution is 5.93. The number of benzene rings is 1. The van der Waals surface area contributed by atoms with Gasteiger partial charge in [-0.15, -0.1) is 5.10 Å². The fourth-order valence-corrected chi connectivity index (χ4v) is 4.02. The molecule has 1 amide bonds. The first-order valence-electron chi connectivity index (χ1n) is 10.3. The molecular weight excluding hydrogens is 352 g/mol. The molecule has 1 aliphatic rings. The van der Waals surface area contributed by atoms with Crippen molar-refractivity contribution in [2.75, 3.05) is 32.7 Å². The number of amides is 1. The summed E-state index contributed by atoms with van der Waals surface area (Å²) < 4.78 is 1.93. The molecule has 2 N–H and O–H groups in total. The number of hydrogen-bond acceptors (Lipinski definition) is 5. The van der Waals surface area contributed by atoms with Gasteiger partial charge in [-0.2, -0.15) is 0 Å². The third-order valence-electron chi connectivity index (χ3n) is 5.69. The van der Waals surface area contributed by atoms with Crippen LogP contribution >= 0.6 is 0 Å². The van der Waals surface area contributed by atoms with Gasteiger partial charge in [0.2, 0.25) is 0 Å². The second kappa shape index (κ2) is 9.80. The van der Waals surface area contributed by atoms with Crippen LogP contribution in [0.5, 0.6) is 0 Å². The largest absolute Gasteiger partial charge is 0.349 e. The van der Waals surface area contributed by atoms with Crippen LogP contribution in [0.1, 0.15) is 60.5 Å². The van der Waals surface area contributed by atoms with Gasteiger partial charge in [0.1, 0.15) is 0 Å². The minimum atomic E-state index is -0.147. The Hall–Kier alpha value is -2.25. The van der Waals surface area contributed by atoms with Crippen LogP contribution in [0.15, 0.2) is 30.3 Å². The molecule has 1 saturated heterocycles. The van der Waals surface area contributed by atoms with Gasteiger partial charge in [0.25, 0.3) is 5.91 Å². The van der Waals surface area contributed by atoms with Crippen LogP contribution in [0.25, 0.3) is 0 Å². The van der Waals surface area contributed by atoms with Crippen molar-refractivity contribution in [1.82, 2.24) is 30.5 Å². The fraction of sp³-hybridized carbons (Fsp3) is 0.571. The average molecular weight is 385 g/mol. The van der Waals surface area contributed by atoms with E-state index in [0.717, 1.165) is 44.7 Å². The number of aromatic nitrogens is 3. The summed E-state index contributed by atoms with van der Waals surface area (Å²) in [6.07, 6.45) is 2.03. The molecule has 2 aromatic rings. The monoisotopic (exact) mass is 384 g/mol. The van der Waals surface area contributed by atoms with Crippen LogP contribution in [-0.2, 0) is 0 Å². The Bertz CT molecular complexity index is 750. The SMILES string of the molecule is CCN(CC)C(CNC(=O)c1nnn(C2CCNCC2)c1C)c1ccccc1. The van der Waals surface area contributed by atoms with Crippen molar-refractivity contribution >= 4 is 5.91 Å². The molecule has 1 atom stereocenters. The molecule has 0 bridgehead atoms. The molecule has 1 fully saturated rings. The van der Waals surface area contributed by atoms with E-state index < -0.39 is 0 Å². The van der Waals surface area contributed by atoms with E-state index in [2.05, 4.69) is 51.8 Å². The van der Waals surface area contributed by atoms with E-state index >= 15 is 0 Å². The van der Waals surface area contributed by atoms with E-state index in [1.165, 1.54) is 5.56 Å². The third-order valence-corrected chi connectivity index (χ3v) is 5.69. The van der Waals surface area contributed by atoms with Gasteiger partial charge in [0.15, 0.2) is 5.69 Å². The maximum Gasteiger partial charge on any atom is 0.273 e. The lowest BCUT2D eigenvalue weighted by atomic mass is 10.0. The zero-order chi connectivity index (χ0) is 19.9. The van der Waals surface area contributed by atoms with E-state index in [0.29, 0.717) is 18.3 Å². The first-order chi connectivity index (χ1) is 13.7. The van der Waals surface area contributed by atoms with Gasteiger partial charge in [-0.1, -0.05) is 49.4 Å². The van der Waals surface area contributed by atoms with Crippen LogP contribution in [0.2, 0.25) is 0 Å². The molecule has 7 heteroatoms. The predicted molar refractivity (Wildman–Crippen MR) is 110 cm³/mol. The minimum absolute atomic E-state index is 0.139. The van der Waals surface area contributed by atoms with Gasteiger partial charge in [-0.3, -0.25) is 9.69 Å². The van der Waals surface area contributed by atoms with Gasteiger partial charge >= 0.3 is 0 Å². The highest BCUT2D eigenvalue weighted by atomic mass is 16.2. The Morgan fingerprint density at radius 2 is 1.93 bits per heavy atom. The molecule has 152 valence electrons. The summed E-state index contributed by atoms with van der Waals surface area (Å²) in [7, 11) is 0. The summed E-state index contributed by atoms with van der Waals surface area (Å²) in [4.78, 5) is 15.2. The lowest BCUT2D eigenvalue weighted by molar-refractivity contribution is 0.0929. The molecule has 28 heavy (non-hydrogen) atoms. The number of rotatable bonds is 8. The molecule has 1 aromatic carbocycles. The summed E-state index contributed by atoms with van der Waals surface area (Å²) in [5.41, 5.74) is 2.50. The third kappa shape index (κ3) is 4.59. The topological polar surface area (TPSA) is 75.1 Å². The zero-order valence-electron chi connectivity index (χ0n) is 17.2. The lowest BCUT2D eigenvalue weighted by Gasteiger charge is -2.30. The Labute approximate surface area is 167 Å². The Balaban J connectivity index is 1.70. The first-order valence-corrected chi connectivity index (χ1v) is 10.3. The number of nitrogens with zero attached hydrogens (tertiary/aromatic N) is 4. The quantitative estimate of drug-likeness (QED) is 0.731. The summed E-state index contributed by atoms with van der Waals surface area (Å²) in [5.74, 6) is -0.147. The van der Waals surface area contributed by atoms with Crippen LogP contribution in [0.4, 0.5) is 0 Å². The molecule has 0 spiro atoms. The van der Waals surface area contributed by atoms with Gasteiger partial charge < -0.3 is 10.6 Å². The maximum absolute atomic E-state index is 12.8. The Morgan fingerprint density at radius 1 is 1.25 bits per heavy atom. The van der Waals surface area contributed by atoms with Crippen LogP contribution in [0, 0.1) is 6.92 Å². The fourth-order valence-electron chi connectivity index (χ4n) is 4.02. The zero-order valence-corrected chi connectivity index (χ0v) is 17.2. The second-order valence-electron chi connectivity index (χ2n) is 7.31. The van der Waals surface area contributed by atoms with Crippen molar-refractivity contribution in [1.29, 1.82) is 0 Å². The van der Waals surface area contributed by atoms with E-state index in [-0.39, 0.29) is 11.9 Å². The molecule has 1 aromatic heterocycles. The second-order valence-corrected chi connectivity index (χ2v) is 7.31. The van der Waals surface area contributed by atoms with Gasteiger partial charge in [0, 0.05) is 6.54 Å². The van der Waals surface area contributed by atoms with Crippen molar-refractivity contribution in [3.63, 3.8) is 0 Å². The highest BCUT2D eigenvalue weighted by Crippen LogP contribution is 2.21. The van der Waals surface area contributed by atoms with E-state index in [4.69, 9.17) is 0 Å². The summed E-state index contributed by atoms with van der Waals surface area (Å²) in [6.45, 7) is 10.6. The van der Waals surface area contributed by atoms with Crippen LogP contribution in [0.3, 0.4) is 0 Å². The molecular formula is C21H32N6O. The number of likely N-dealkylation sites (N-methyl/N-ethyl adjacent to an activating group) is 1. The van der Waals surface area contributed by atoms with Gasteiger partial charge in [-0.25, -0.2) is 4.68 Å². The Kier molecular flexibility index (Phi) is 7.17. The maximum atomic E-state index is 12.8. The number of hydrogen-bond donors (Lipinski definition) is 2. The number of carbonyl (C=O) groups is 1. The van der Waals surface area contributed by atoms with Gasteiger partial charge in [0.05, 0.1) is 17.8 Å². The standard InChI is InChI=1S/C21H32N6O/c1-4-26(5-2)19(17-9-7-6-8-10-17)15-23-21(28)20-16(3)27(25-24-20)18-11-13-22-14-12-18/h6-10,18-19,22H,4-5,11-15H2,1-3H3,(H,23,28). The van der Waals surface area contributed by atoms with Crippen molar-refractivity contribution in [2.24, 2.45) is 0 Å². The molecule has 1 aliphatic heterocycles. The van der Waals surface area contributed by atoms with Gasteiger partial charge in [-0.05, 0) is 51.5 Å². The minimum Gasteiger partial charge on any atom is -0.349 e. The first kappa shape index (κ1) is 20.5. The molecule has 0 radical (unpaired) electrons. The number of nitrogens with one attached hydrogen (secondary N) is 2. The summed E-state index contributed by atoms with van der Waals surface area (Å²) in [6, 6.07) is 10.8.